The van der Waals surface area contributed by atoms with Gasteiger partial charge in [0.05, 0.1) is 11.4 Å². The molecule has 0 saturated heterocycles. The summed E-state index contributed by atoms with van der Waals surface area (Å²) in [5.41, 5.74) is 10.3. The van der Waals surface area contributed by atoms with Gasteiger partial charge < -0.3 is 16.0 Å². The number of hydrogen-bond acceptors (Lipinski definition) is 3. The zero-order chi connectivity index (χ0) is 15.0. The van der Waals surface area contributed by atoms with Crippen LogP contribution >= 0.6 is 0 Å². The first kappa shape index (κ1) is 14.2. The number of carbonyl (C=O) groups is 1. The summed E-state index contributed by atoms with van der Waals surface area (Å²) in [5, 5.41) is 2.92. The number of rotatable bonds is 5. The van der Waals surface area contributed by atoms with E-state index in [-0.39, 0.29) is 5.91 Å². The van der Waals surface area contributed by atoms with E-state index in [1.807, 2.05) is 6.07 Å². The molecule has 0 spiro atoms. The summed E-state index contributed by atoms with van der Waals surface area (Å²) in [6.45, 7) is 5.59. The van der Waals surface area contributed by atoms with Crippen LogP contribution in [0.3, 0.4) is 0 Å². The van der Waals surface area contributed by atoms with Crippen LogP contribution in [0.15, 0.2) is 12.1 Å². The Hall–Kier alpha value is -1.71. The van der Waals surface area contributed by atoms with Crippen LogP contribution in [-0.2, 0) is 11.2 Å². The number of nitrogen functional groups attached to an aromatic ring is 1. The van der Waals surface area contributed by atoms with Crippen LogP contribution in [0.2, 0.25) is 0 Å². The molecule has 0 atom stereocenters. The average molecular weight is 287 g/mol. The molecule has 1 aromatic carbocycles. The van der Waals surface area contributed by atoms with Crippen molar-refractivity contribution in [2.75, 3.05) is 22.5 Å². The van der Waals surface area contributed by atoms with Gasteiger partial charge in [-0.15, -0.1) is 0 Å². The number of benzene rings is 1. The van der Waals surface area contributed by atoms with Gasteiger partial charge in [0.2, 0.25) is 5.91 Å². The third-order valence-corrected chi connectivity index (χ3v) is 4.39. The SMILES string of the molecule is CC(C)CCN(c1cc2c(cc1N)NC(=O)CC2)C1CC1. The Kier molecular flexibility index (Phi) is 3.79. The van der Waals surface area contributed by atoms with Crippen LogP contribution in [-0.4, -0.2) is 18.5 Å². The second kappa shape index (κ2) is 5.58. The molecule has 1 amide bonds. The molecule has 21 heavy (non-hydrogen) atoms. The minimum Gasteiger partial charge on any atom is -0.397 e. The maximum atomic E-state index is 11.5. The first-order valence-electron chi connectivity index (χ1n) is 8.03. The standard InChI is InChI=1S/C17H25N3O/c1-11(2)7-8-20(13-4-5-13)16-9-12-3-6-17(21)19-15(12)10-14(16)18/h9-11,13H,3-8,18H2,1-2H3,(H,19,21). The minimum absolute atomic E-state index is 0.0912. The smallest absolute Gasteiger partial charge is 0.224 e. The number of nitrogens with one attached hydrogen (secondary N) is 1. The van der Waals surface area contributed by atoms with Gasteiger partial charge in [0, 0.05) is 24.7 Å². The van der Waals surface area contributed by atoms with E-state index in [2.05, 4.69) is 30.1 Å². The van der Waals surface area contributed by atoms with Gasteiger partial charge in [-0.05, 0) is 49.3 Å². The predicted octanol–water partition coefficient (Wildman–Crippen LogP) is 3.17. The molecule has 1 fully saturated rings. The summed E-state index contributed by atoms with van der Waals surface area (Å²) in [6, 6.07) is 4.79. The van der Waals surface area contributed by atoms with E-state index >= 15 is 0 Å². The Balaban J connectivity index is 1.87. The monoisotopic (exact) mass is 287 g/mol. The molecule has 4 heteroatoms. The van der Waals surface area contributed by atoms with E-state index in [0.717, 1.165) is 30.0 Å². The summed E-state index contributed by atoms with van der Waals surface area (Å²) in [6.07, 6.45) is 5.11. The van der Waals surface area contributed by atoms with E-state index in [0.29, 0.717) is 18.4 Å². The van der Waals surface area contributed by atoms with Gasteiger partial charge in [-0.3, -0.25) is 4.79 Å². The molecular weight excluding hydrogens is 262 g/mol. The summed E-state index contributed by atoms with van der Waals surface area (Å²) >= 11 is 0. The Labute approximate surface area is 126 Å². The Morgan fingerprint density at radius 1 is 1.33 bits per heavy atom. The Morgan fingerprint density at radius 3 is 2.76 bits per heavy atom. The third-order valence-electron chi connectivity index (χ3n) is 4.39. The highest BCUT2D eigenvalue weighted by atomic mass is 16.1. The van der Waals surface area contributed by atoms with E-state index in [1.54, 1.807) is 0 Å². The van der Waals surface area contributed by atoms with Crippen LogP contribution in [0.4, 0.5) is 17.1 Å². The van der Waals surface area contributed by atoms with Crippen molar-refractivity contribution in [3.8, 4) is 0 Å². The van der Waals surface area contributed by atoms with Crippen LogP contribution in [0.1, 0.15) is 45.1 Å². The number of aryl methyl sites for hydroxylation is 1. The third kappa shape index (κ3) is 3.14. The zero-order valence-electron chi connectivity index (χ0n) is 13.0. The number of nitrogens with zero attached hydrogens (tertiary/aromatic N) is 1. The normalized spacial score (nSPS) is 17.6. The van der Waals surface area contributed by atoms with Gasteiger partial charge in [0.15, 0.2) is 0 Å². The van der Waals surface area contributed by atoms with Crippen molar-refractivity contribution in [1.82, 2.24) is 0 Å². The molecule has 0 radical (unpaired) electrons. The van der Waals surface area contributed by atoms with E-state index in [1.165, 1.54) is 24.8 Å². The van der Waals surface area contributed by atoms with Gasteiger partial charge >= 0.3 is 0 Å². The molecule has 0 aromatic heterocycles. The lowest BCUT2D eigenvalue weighted by Crippen LogP contribution is -2.29. The lowest BCUT2D eigenvalue weighted by molar-refractivity contribution is -0.116. The first-order valence-corrected chi connectivity index (χ1v) is 8.03. The van der Waals surface area contributed by atoms with E-state index in [9.17, 15) is 4.79 Å². The number of anilines is 3. The largest absolute Gasteiger partial charge is 0.397 e. The van der Waals surface area contributed by atoms with Crippen molar-refractivity contribution < 1.29 is 4.79 Å². The lowest BCUT2D eigenvalue weighted by atomic mass is 10.0. The lowest BCUT2D eigenvalue weighted by Gasteiger charge is -2.29. The van der Waals surface area contributed by atoms with Crippen LogP contribution in [0, 0.1) is 5.92 Å². The molecular formula is C17H25N3O. The highest BCUT2D eigenvalue weighted by Crippen LogP contribution is 2.39. The highest BCUT2D eigenvalue weighted by Gasteiger charge is 2.31. The summed E-state index contributed by atoms with van der Waals surface area (Å²) in [4.78, 5) is 14.0. The maximum Gasteiger partial charge on any atom is 0.224 e. The molecule has 3 rings (SSSR count). The fourth-order valence-electron chi connectivity index (χ4n) is 2.96. The number of fused-ring (bicyclic) bond motifs is 1. The van der Waals surface area contributed by atoms with Crippen molar-refractivity contribution >= 4 is 23.0 Å². The van der Waals surface area contributed by atoms with Gasteiger partial charge in [0.1, 0.15) is 0 Å². The van der Waals surface area contributed by atoms with Crippen molar-refractivity contribution in [3.05, 3.63) is 17.7 Å². The zero-order valence-corrected chi connectivity index (χ0v) is 13.0. The van der Waals surface area contributed by atoms with Crippen molar-refractivity contribution in [3.63, 3.8) is 0 Å². The Morgan fingerprint density at radius 2 is 2.10 bits per heavy atom. The first-order chi connectivity index (χ1) is 10.0. The average Bonchev–Trinajstić information content (AvgIpc) is 3.23. The van der Waals surface area contributed by atoms with Crippen LogP contribution < -0.4 is 16.0 Å². The minimum atomic E-state index is 0.0912. The number of hydrogen-bond donors (Lipinski definition) is 2. The topological polar surface area (TPSA) is 58.4 Å². The molecule has 0 bridgehead atoms. The quantitative estimate of drug-likeness (QED) is 0.818. The van der Waals surface area contributed by atoms with Gasteiger partial charge in [-0.25, -0.2) is 0 Å². The summed E-state index contributed by atoms with van der Waals surface area (Å²) < 4.78 is 0. The molecule has 1 heterocycles. The molecule has 3 N–H and O–H groups in total. The van der Waals surface area contributed by atoms with Gasteiger partial charge in [-0.2, -0.15) is 0 Å². The van der Waals surface area contributed by atoms with Gasteiger partial charge in [0.25, 0.3) is 0 Å². The molecule has 114 valence electrons. The van der Waals surface area contributed by atoms with Crippen molar-refractivity contribution in [2.45, 2.75) is 52.0 Å². The maximum absolute atomic E-state index is 11.5. The second-order valence-electron chi connectivity index (χ2n) is 6.72. The molecule has 2 aliphatic rings. The molecule has 4 nitrogen and oxygen atoms in total. The number of amides is 1. The molecule has 0 unspecified atom stereocenters. The number of nitrogens with two attached hydrogens (primary N) is 1. The van der Waals surface area contributed by atoms with E-state index < -0.39 is 0 Å². The fourth-order valence-corrected chi connectivity index (χ4v) is 2.96. The second-order valence-corrected chi connectivity index (χ2v) is 6.72. The fraction of sp³-hybridized carbons (Fsp3) is 0.588. The predicted molar refractivity (Wildman–Crippen MR) is 87.6 cm³/mol. The van der Waals surface area contributed by atoms with Crippen LogP contribution in [0.25, 0.3) is 0 Å². The molecule has 1 aromatic rings. The van der Waals surface area contributed by atoms with Gasteiger partial charge in [-0.1, -0.05) is 13.8 Å². The van der Waals surface area contributed by atoms with Crippen molar-refractivity contribution in [2.24, 2.45) is 5.92 Å². The van der Waals surface area contributed by atoms with E-state index in [4.69, 9.17) is 5.73 Å². The number of carbonyl (C=O) groups excluding carboxylic acids is 1. The highest BCUT2D eigenvalue weighted by molar-refractivity contribution is 5.95. The van der Waals surface area contributed by atoms with Crippen molar-refractivity contribution in [1.29, 1.82) is 0 Å². The van der Waals surface area contributed by atoms with Crippen LogP contribution in [0.5, 0.6) is 0 Å². The Bertz CT molecular complexity index is 549. The molecule has 1 aliphatic heterocycles. The molecule has 1 aliphatic carbocycles. The summed E-state index contributed by atoms with van der Waals surface area (Å²) in [5.74, 6) is 0.790. The molecule has 1 saturated carbocycles. The summed E-state index contributed by atoms with van der Waals surface area (Å²) in [7, 11) is 0.